The number of carbonyl (C=O) groups excluding carboxylic acids is 1. The van der Waals surface area contributed by atoms with Crippen LogP contribution in [0.15, 0.2) is 29.4 Å². The predicted molar refractivity (Wildman–Crippen MR) is 64.1 cm³/mol. The van der Waals surface area contributed by atoms with Crippen LogP contribution in [0.5, 0.6) is 0 Å². The maximum Gasteiger partial charge on any atom is 0.337 e. The molecule has 1 aromatic rings. The van der Waals surface area contributed by atoms with E-state index in [9.17, 15) is 9.59 Å². The average Bonchev–Trinajstić information content (AvgIpc) is 2.39. The van der Waals surface area contributed by atoms with Gasteiger partial charge in [0.2, 0.25) is 5.71 Å². The maximum absolute atomic E-state index is 11.2. The van der Waals surface area contributed by atoms with E-state index in [2.05, 4.69) is 15.8 Å². The molecule has 1 amide bonds. The van der Waals surface area contributed by atoms with Crippen LogP contribution in [0.3, 0.4) is 0 Å². The van der Waals surface area contributed by atoms with Gasteiger partial charge in [-0.15, -0.1) is 0 Å². The fourth-order valence-electron chi connectivity index (χ4n) is 1.13. The van der Waals surface area contributed by atoms with Crippen molar-refractivity contribution in [3.8, 4) is 6.07 Å². The van der Waals surface area contributed by atoms with E-state index in [1.165, 1.54) is 19.2 Å². The second kappa shape index (κ2) is 6.00. The van der Waals surface area contributed by atoms with Gasteiger partial charge in [0, 0.05) is 7.05 Å². The second-order valence-electron chi connectivity index (χ2n) is 3.11. The normalized spacial score (nSPS) is 10.3. The van der Waals surface area contributed by atoms with Crippen LogP contribution in [-0.2, 0) is 4.79 Å². The number of carboxylic acids is 1. The van der Waals surface area contributed by atoms with E-state index in [1.807, 2.05) is 0 Å². The molecule has 0 unspecified atom stereocenters. The second-order valence-corrected chi connectivity index (χ2v) is 3.11. The number of hydrogen-bond donors (Lipinski definition) is 3. The molecule has 0 aliphatic heterocycles. The monoisotopic (exact) mass is 246 g/mol. The van der Waals surface area contributed by atoms with Gasteiger partial charge in [0.05, 0.1) is 11.3 Å². The highest BCUT2D eigenvalue weighted by Gasteiger charge is 2.11. The first-order valence-corrected chi connectivity index (χ1v) is 4.88. The molecule has 0 atom stereocenters. The Hall–Kier alpha value is -2.88. The van der Waals surface area contributed by atoms with Gasteiger partial charge in [-0.25, -0.2) is 4.79 Å². The van der Waals surface area contributed by atoms with Crippen molar-refractivity contribution in [2.75, 3.05) is 12.5 Å². The number of carboxylic acid groups (broad SMARTS) is 1. The molecule has 0 saturated heterocycles. The van der Waals surface area contributed by atoms with Crippen LogP contribution in [0.1, 0.15) is 10.4 Å². The number of rotatable bonds is 4. The maximum atomic E-state index is 11.2. The molecule has 0 aliphatic carbocycles. The van der Waals surface area contributed by atoms with E-state index in [-0.39, 0.29) is 11.3 Å². The fourth-order valence-corrected chi connectivity index (χ4v) is 1.13. The highest BCUT2D eigenvalue weighted by atomic mass is 16.4. The Kier molecular flexibility index (Phi) is 4.40. The number of para-hydroxylation sites is 1. The van der Waals surface area contributed by atoms with Crippen LogP contribution in [0, 0.1) is 11.3 Å². The minimum absolute atomic E-state index is 0.00422. The van der Waals surface area contributed by atoms with Crippen LogP contribution >= 0.6 is 0 Å². The molecule has 1 aromatic carbocycles. The number of benzene rings is 1. The van der Waals surface area contributed by atoms with Gasteiger partial charge in [0.15, 0.2) is 0 Å². The first kappa shape index (κ1) is 13.2. The number of hydrogen-bond acceptors (Lipinski definition) is 5. The summed E-state index contributed by atoms with van der Waals surface area (Å²) in [5.41, 5.74) is 2.19. The van der Waals surface area contributed by atoms with Crippen molar-refractivity contribution in [3.63, 3.8) is 0 Å². The van der Waals surface area contributed by atoms with Crippen LogP contribution in [0.25, 0.3) is 0 Å². The first-order chi connectivity index (χ1) is 8.60. The Morgan fingerprint density at radius 2 is 2.06 bits per heavy atom. The van der Waals surface area contributed by atoms with Gasteiger partial charge >= 0.3 is 5.97 Å². The van der Waals surface area contributed by atoms with E-state index >= 15 is 0 Å². The standard InChI is InChI=1S/C11H10N4O3/c1-13-10(16)9(6-12)15-14-8-5-3-2-4-7(8)11(17)18/h2-5,14H,1H3,(H,13,16)(H,17,18). The minimum atomic E-state index is -1.13. The fraction of sp³-hybridized carbons (Fsp3) is 0.0909. The smallest absolute Gasteiger partial charge is 0.337 e. The number of anilines is 1. The number of hydrazone groups is 1. The molecule has 3 N–H and O–H groups in total. The summed E-state index contributed by atoms with van der Waals surface area (Å²) >= 11 is 0. The Bertz CT molecular complexity index is 545. The summed E-state index contributed by atoms with van der Waals surface area (Å²) in [6, 6.07) is 7.62. The number of amides is 1. The van der Waals surface area contributed by atoms with E-state index in [0.29, 0.717) is 0 Å². The molecule has 0 aromatic heterocycles. The zero-order chi connectivity index (χ0) is 13.5. The Morgan fingerprint density at radius 1 is 1.39 bits per heavy atom. The van der Waals surface area contributed by atoms with Gasteiger partial charge in [0.1, 0.15) is 6.07 Å². The topological polar surface area (TPSA) is 115 Å². The number of nitrogens with zero attached hydrogens (tertiary/aromatic N) is 2. The molecular weight excluding hydrogens is 236 g/mol. The SMILES string of the molecule is CNC(=O)C(C#N)=NNc1ccccc1C(=O)O. The van der Waals surface area contributed by atoms with Crippen molar-refractivity contribution < 1.29 is 14.7 Å². The van der Waals surface area contributed by atoms with Crippen LogP contribution in [0.2, 0.25) is 0 Å². The number of nitriles is 1. The summed E-state index contributed by atoms with van der Waals surface area (Å²) in [6.45, 7) is 0. The molecule has 0 fully saturated rings. The molecule has 18 heavy (non-hydrogen) atoms. The Morgan fingerprint density at radius 3 is 2.61 bits per heavy atom. The molecule has 0 aliphatic rings. The highest BCUT2D eigenvalue weighted by molar-refractivity contribution is 6.45. The molecule has 0 heterocycles. The molecule has 1 rings (SSSR count). The third-order valence-corrected chi connectivity index (χ3v) is 1.99. The Labute approximate surface area is 103 Å². The molecule has 7 nitrogen and oxygen atoms in total. The summed E-state index contributed by atoms with van der Waals surface area (Å²) in [5.74, 6) is -1.79. The molecule has 7 heteroatoms. The van der Waals surface area contributed by atoms with Gasteiger partial charge in [0.25, 0.3) is 5.91 Å². The summed E-state index contributed by atoms with van der Waals surface area (Å²) < 4.78 is 0. The number of nitrogens with one attached hydrogen (secondary N) is 2. The number of aromatic carboxylic acids is 1. The summed E-state index contributed by atoms with van der Waals surface area (Å²) in [4.78, 5) is 22.1. The third kappa shape index (κ3) is 3.05. The molecular formula is C11H10N4O3. The van der Waals surface area contributed by atoms with Crippen molar-refractivity contribution in [2.45, 2.75) is 0 Å². The molecule has 0 saturated carbocycles. The van der Waals surface area contributed by atoms with Gasteiger partial charge in [-0.3, -0.25) is 10.2 Å². The molecule has 0 spiro atoms. The Balaban J connectivity index is 2.99. The lowest BCUT2D eigenvalue weighted by Crippen LogP contribution is -2.27. The zero-order valence-corrected chi connectivity index (χ0v) is 9.47. The zero-order valence-electron chi connectivity index (χ0n) is 9.47. The predicted octanol–water partition coefficient (Wildman–Crippen LogP) is 0.422. The van der Waals surface area contributed by atoms with Crippen molar-refractivity contribution in [1.29, 1.82) is 5.26 Å². The molecule has 0 radical (unpaired) electrons. The van der Waals surface area contributed by atoms with Crippen molar-refractivity contribution in [2.24, 2.45) is 5.10 Å². The van der Waals surface area contributed by atoms with Crippen molar-refractivity contribution in [3.05, 3.63) is 29.8 Å². The quantitative estimate of drug-likeness (QED) is 0.526. The minimum Gasteiger partial charge on any atom is -0.478 e. The molecule has 0 bridgehead atoms. The van der Waals surface area contributed by atoms with E-state index < -0.39 is 17.6 Å². The largest absolute Gasteiger partial charge is 0.478 e. The number of carbonyl (C=O) groups is 2. The van der Waals surface area contributed by atoms with E-state index in [0.717, 1.165) is 0 Å². The van der Waals surface area contributed by atoms with E-state index in [1.54, 1.807) is 18.2 Å². The average molecular weight is 246 g/mol. The summed E-state index contributed by atoms with van der Waals surface area (Å²) in [5, 5.41) is 23.4. The summed E-state index contributed by atoms with van der Waals surface area (Å²) in [7, 11) is 1.36. The van der Waals surface area contributed by atoms with Crippen molar-refractivity contribution in [1.82, 2.24) is 5.32 Å². The van der Waals surface area contributed by atoms with Gasteiger partial charge in [-0.2, -0.15) is 10.4 Å². The lowest BCUT2D eigenvalue weighted by molar-refractivity contribution is -0.114. The van der Waals surface area contributed by atoms with Gasteiger partial charge in [-0.1, -0.05) is 12.1 Å². The van der Waals surface area contributed by atoms with Crippen LogP contribution < -0.4 is 10.7 Å². The van der Waals surface area contributed by atoms with Gasteiger partial charge in [-0.05, 0) is 12.1 Å². The van der Waals surface area contributed by atoms with Gasteiger partial charge < -0.3 is 10.4 Å². The third-order valence-electron chi connectivity index (χ3n) is 1.99. The van der Waals surface area contributed by atoms with Crippen LogP contribution in [-0.4, -0.2) is 29.7 Å². The van der Waals surface area contributed by atoms with Crippen molar-refractivity contribution >= 4 is 23.3 Å². The first-order valence-electron chi connectivity index (χ1n) is 4.88. The molecule has 92 valence electrons. The lowest BCUT2D eigenvalue weighted by Gasteiger charge is -2.04. The lowest BCUT2D eigenvalue weighted by atomic mass is 10.2. The summed E-state index contributed by atoms with van der Waals surface area (Å²) in [6.07, 6.45) is 0. The van der Waals surface area contributed by atoms with E-state index in [4.69, 9.17) is 10.4 Å². The highest BCUT2D eigenvalue weighted by Crippen LogP contribution is 2.14. The van der Waals surface area contributed by atoms with Crippen LogP contribution in [0.4, 0.5) is 5.69 Å².